The summed E-state index contributed by atoms with van der Waals surface area (Å²) in [5.41, 5.74) is 1.43. The van der Waals surface area contributed by atoms with Gasteiger partial charge in [-0.2, -0.15) is 0 Å². The Labute approximate surface area is 135 Å². The molecule has 1 atom stereocenters. The molecule has 0 spiro atoms. The molecule has 2 rings (SSSR count). The molecule has 0 unspecified atom stereocenters. The highest BCUT2D eigenvalue weighted by Crippen LogP contribution is 2.35. The number of carbonyl (C=O) groups is 1. The first-order chi connectivity index (χ1) is 9.45. The molecule has 108 valence electrons. The van der Waals surface area contributed by atoms with Gasteiger partial charge in [0.2, 0.25) is 0 Å². The number of hydrogen-bond acceptors (Lipinski definition) is 4. The van der Waals surface area contributed by atoms with E-state index in [1.807, 2.05) is 25.4 Å². The van der Waals surface area contributed by atoms with Gasteiger partial charge in [0, 0.05) is 27.5 Å². The highest BCUT2D eigenvalue weighted by atomic mass is 79.9. The number of hydrogen-bond donors (Lipinski definition) is 1. The molecule has 0 bridgehead atoms. The highest BCUT2D eigenvalue weighted by molar-refractivity contribution is 9.10. The third-order valence-electron chi connectivity index (χ3n) is 3.12. The number of rotatable bonds is 3. The van der Waals surface area contributed by atoms with Crippen molar-refractivity contribution < 1.29 is 9.53 Å². The minimum absolute atomic E-state index is 0.256. The molecule has 1 aliphatic heterocycles. The molecule has 0 aliphatic carbocycles. The van der Waals surface area contributed by atoms with Crippen LogP contribution in [0.2, 0.25) is 0 Å². The molecule has 0 fully saturated rings. The van der Waals surface area contributed by atoms with Crippen molar-refractivity contribution in [2.75, 3.05) is 13.7 Å². The lowest BCUT2D eigenvalue weighted by Crippen LogP contribution is -2.45. The predicted molar refractivity (Wildman–Crippen MR) is 87.6 cm³/mol. The van der Waals surface area contributed by atoms with Crippen LogP contribution in [0.3, 0.4) is 0 Å². The standard InChI is InChI=1S/C13H15BrN2O2S2/c1-4-18-12(17)10-7(2)16(3)13(19)15-11(10)9-5-8(14)6-20-9/h5-6,11H,4H2,1-3H3,(H,15,19)/t11-/m1/s1. The zero-order chi connectivity index (χ0) is 14.9. The minimum atomic E-state index is -0.304. The van der Waals surface area contributed by atoms with Gasteiger partial charge in [0.15, 0.2) is 5.11 Å². The van der Waals surface area contributed by atoms with Crippen LogP contribution in [0, 0.1) is 0 Å². The van der Waals surface area contributed by atoms with Crippen molar-refractivity contribution in [1.29, 1.82) is 0 Å². The molecule has 0 saturated carbocycles. The molecule has 1 aromatic rings. The lowest BCUT2D eigenvalue weighted by Gasteiger charge is -2.34. The van der Waals surface area contributed by atoms with Crippen LogP contribution in [0.4, 0.5) is 0 Å². The van der Waals surface area contributed by atoms with E-state index in [1.54, 1.807) is 23.2 Å². The zero-order valence-electron chi connectivity index (χ0n) is 11.4. The third-order valence-corrected chi connectivity index (χ3v) is 5.27. The summed E-state index contributed by atoms with van der Waals surface area (Å²) in [6.07, 6.45) is 0. The van der Waals surface area contributed by atoms with Gasteiger partial charge in [-0.05, 0) is 48.1 Å². The van der Waals surface area contributed by atoms with Gasteiger partial charge < -0.3 is 15.0 Å². The van der Waals surface area contributed by atoms with Crippen LogP contribution in [0.1, 0.15) is 24.8 Å². The average Bonchev–Trinajstić information content (AvgIpc) is 2.82. The lowest BCUT2D eigenvalue weighted by molar-refractivity contribution is -0.139. The van der Waals surface area contributed by atoms with E-state index in [1.165, 1.54) is 0 Å². The quantitative estimate of drug-likeness (QED) is 0.649. The number of ether oxygens (including phenoxy) is 1. The van der Waals surface area contributed by atoms with E-state index >= 15 is 0 Å². The second kappa shape index (κ2) is 6.24. The van der Waals surface area contributed by atoms with Crippen LogP contribution in [0.25, 0.3) is 0 Å². The van der Waals surface area contributed by atoms with Crippen LogP contribution in [0.15, 0.2) is 27.2 Å². The summed E-state index contributed by atoms with van der Waals surface area (Å²) in [5, 5.41) is 5.79. The largest absolute Gasteiger partial charge is 0.463 e. The average molecular weight is 375 g/mol. The maximum Gasteiger partial charge on any atom is 0.338 e. The van der Waals surface area contributed by atoms with Crippen molar-refractivity contribution >= 4 is 50.6 Å². The van der Waals surface area contributed by atoms with Gasteiger partial charge in [0.1, 0.15) is 0 Å². The molecule has 1 N–H and O–H groups in total. The van der Waals surface area contributed by atoms with Crippen molar-refractivity contribution in [2.45, 2.75) is 19.9 Å². The predicted octanol–water partition coefficient (Wildman–Crippen LogP) is 3.21. The van der Waals surface area contributed by atoms with Gasteiger partial charge in [0.05, 0.1) is 18.2 Å². The monoisotopic (exact) mass is 374 g/mol. The fraction of sp³-hybridized carbons (Fsp3) is 0.385. The Balaban J connectivity index is 2.47. The number of carbonyl (C=O) groups excluding carboxylic acids is 1. The molecule has 0 saturated heterocycles. The number of thiophene rings is 1. The molecule has 7 heteroatoms. The Bertz CT molecular complexity index is 583. The van der Waals surface area contributed by atoms with E-state index in [9.17, 15) is 4.79 Å². The smallest absolute Gasteiger partial charge is 0.338 e. The topological polar surface area (TPSA) is 41.6 Å². The fourth-order valence-corrected chi connectivity index (χ4v) is 3.76. The molecule has 1 aromatic heterocycles. The SMILES string of the molecule is CCOC(=O)C1=C(C)N(C)C(=S)N[C@@H]1c1cc(Br)cs1. The fourth-order valence-electron chi connectivity index (χ4n) is 2.00. The maximum atomic E-state index is 12.3. The molecule has 0 aromatic carbocycles. The summed E-state index contributed by atoms with van der Waals surface area (Å²) >= 11 is 10.3. The number of halogens is 1. The van der Waals surface area contributed by atoms with Crippen molar-refractivity contribution in [1.82, 2.24) is 10.2 Å². The Hall–Kier alpha value is -0.920. The van der Waals surface area contributed by atoms with E-state index < -0.39 is 0 Å². The molecular weight excluding hydrogens is 360 g/mol. The Kier molecular flexibility index (Phi) is 4.82. The molecule has 0 radical (unpaired) electrons. The van der Waals surface area contributed by atoms with Crippen molar-refractivity contribution in [3.63, 3.8) is 0 Å². The second-order valence-electron chi connectivity index (χ2n) is 4.33. The number of nitrogens with zero attached hydrogens (tertiary/aromatic N) is 1. The van der Waals surface area contributed by atoms with Crippen LogP contribution in [0.5, 0.6) is 0 Å². The van der Waals surface area contributed by atoms with Gasteiger partial charge in [-0.25, -0.2) is 4.79 Å². The lowest BCUT2D eigenvalue weighted by atomic mass is 10.0. The first-order valence-electron chi connectivity index (χ1n) is 6.11. The third kappa shape index (κ3) is 2.89. The molecule has 2 heterocycles. The van der Waals surface area contributed by atoms with Crippen molar-refractivity contribution in [3.8, 4) is 0 Å². The van der Waals surface area contributed by atoms with E-state index in [0.717, 1.165) is 15.0 Å². The first-order valence-corrected chi connectivity index (χ1v) is 8.19. The Morgan fingerprint density at radius 2 is 2.35 bits per heavy atom. The summed E-state index contributed by atoms with van der Waals surface area (Å²) < 4.78 is 6.17. The summed E-state index contributed by atoms with van der Waals surface area (Å²) in [7, 11) is 1.84. The number of thiocarbonyl (C=S) groups is 1. The highest BCUT2D eigenvalue weighted by Gasteiger charge is 2.34. The first kappa shape index (κ1) is 15.5. The van der Waals surface area contributed by atoms with Crippen LogP contribution >= 0.6 is 39.5 Å². The zero-order valence-corrected chi connectivity index (χ0v) is 14.6. The number of esters is 1. The Morgan fingerprint density at radius 1 is 1.65 bits per heavy atom. The maximum absolute atomic E-state index is 12.3. The van der Waals surface area contributed by atoms with E-state index in [0.29, 0.717) is 17.3 Å². The summed E-state index contributed by atoms with van der Waals surface area (Å²) in [6, 6.07) is 1.73. The molecule has 1 aliphatic rings. The van der Waals surface area contributed by atoms with Gasteiger partial charge in [-0.15, -0.1) is 11.3 Å². The van der Waals surface area contributed by atoms with Gasteiger partial charge >= 0.3 is 5.97 Å². The van der Waals surface area contributed by atoms with E-state index in [4.69, 9.17) is 17.0 Å². The molecule has 20 heavy (non-hydrogen) atoms. The van der Waals surface area contributed by atoms with Crippen LogP contribution in [-0.4, -0.2) is 29.6 Å². The van der Waals surface area contributed by atoms with Gasteiger partial charge in [0.25, 0.3) is 0 Å². The summed E-state index contributed by atoms with van der Waals surface area (Å²) in [6.45, 7) is 4.04. The summed E-state index contributed by atoms with van der Waals surface area (Å²) in [5.74, 6) is -0.304. The van der Waals surface area contributed by atoms with Gasteiger partial charge in [-0.1, -0.05) is 0 Å². The van der Waals surface area contributed by atoms with E-state index in [-0.39, 0.29) is 12.0 Å². The molecular formula is C13H15BrN2O2S2. The number of nitrogens with one attached hydrogen (secondary N) is 1. The van der Waals surface area contributed by atoms with Crippen molar-refractivity contribution in [3.05, 3.63) is 32.1 Å². The van der Waals surface area contributed by atoms with E-state index in [2.05, 4.69) is 21.2 Å². The normalized spacial score (nSPS) is 19.1. The van der Waals surface area contributed by atoms with Crippen molar-refractivity contribution in [2.24, 2.45) is 0 Å². The summed E-state index contributed by atoms with van der Waals surface area (Å²) in [4.78, 5) is 15.1. The second-order valence-corrected chi connectivity index (χ2v) is 6.57. The van der Waals surface area contributed by atoms with Crippen LogP contribution < -0.4 is 5.32 Å². The molecule has 0 amide bonds. The Morgan fingerprint density at radius 3 is 2.90 bits per heavy atom. The minimum Gasteiger partial charge on any atom is -0.463 e. The number of allylic oxidation sites excluding steroid dienone is 1. The molecule has 4 nitrogen and oxygen atoms in total. The van der Waals surface area contributed by atoms with Gasteiger partial charge in [-0.3, -0.25) is 0 Å². The van der Waals surface area contributed by atoms with Crippen LogP contribution in [-0.2, 0) is 9.53 Å².